The Morgan fingerprint density at radius 3 is 2.59 bits per heavy atom. The van der Waals surface area contributed by atoms with E-state index in [1.165, 1.54) is 18.2 Å². The van der Waals surface area contributed by atoms with Crippen molar-refractivity contribution in [3.63, 3.8) is 0 Å². The second-order valence-corrected chi connectivity index (χ2v) is 5.93. The van der Waals surface area contributed by atoms with Crippen molar-refractivity contribution >= 4 is 6.03 Å². The van der Waals surface area contributed by atoms with E-state index in [2.05, 4.69) is 20.6 Å². The van der Waals surface area contributed by atoms with Gasteiger partial charge in [0.2, 0.25) is 0 Å². The molecule has 0 spiro atoms. The summed E-state index contributed by atoms with van der Waals surface area (Å²) in [4.78, 5) is 20.4. The van der Waals surface area contributed by atoms with Gasteiger partial charge >= 0.3 is 6.03 Å². The lowest BCUT2D eigenvalue weighted by Gasteiger charge is -2.10. The van der Waals surface area contributed by atoms with E-state index in [9.17, 15) is 13.6 Å². The quantitative estimate of drug-likeness (QED) is 0.700. The second-order valence-electron chi connectivity index (χ2n) is 5.93. The first-order valence-electron chi connectivity index (χ1n) is 8.44. The minimum Gasteiger partial charge on any atom is -0.338 e. The topological polar surface area (TPSA) is 71.8 Å². The van der Waals surface area contributed by atoms with Crippen LogP contribution >= 0.6 is 0 Å². The number of imidazole rings is 1. The highest BCUT2D eigenvalue weighted by molar-refractivity contribution is 5.73. The SMILES string of the molecule is Cc1nccn1-c1cc(CNC(=O)NCCc2c(F)cccc2F)ccn1. The first kappa shape index (κ1) is 18.5. The standard InChI is InChI=1S/C19H19F2N5O/c1-13-22-9-10-26(13)18-11-14(5-7-23-18)12-25-19(27)24-8-6-15-16(20)3-2-4-17(15)21/h2-5,7,9-11H,6,8,12H2,1H3,(H2,24,25,27). The Morgan fingerprint density at radius 2 is 1.89 bits per heavy atom. The van der Waals surface area contributed by atoms with Crippen molar-refractivity contribution in [3.05, 3.63) is 77.5 Å². The molecule has 2 aromatic heterocycles. The molecule has 8 heteroatoms. The van der Waals surface area contributed by atoms with Crippen molar-refractivity contribution in [2.75, 3.05) is 6.54 Å². The number of urea groups is 1. The number of hydrogen-bond donors (Lipinski definition) is 2. The highest BCUT2D eigenvalue weighted by Crippen LogP contribution is 2.12. The summed E-state index contributed by atoms with van der Waals surface area (Å²) in [6.07, 6.45) is 5.23. The van der Waals surface area contributed by atoms with Gasteiger partial charge in [0.25, 0.3) is 0 Å². The number of halogens is 2. The van der Waals surface area contributed by atoms with Crippen LogP contribution in [0.4, 0.5) is 13.6 Å². The molecule has 0 unspecified atom stereocenters. The van der Waals surface area contributed by atoms with Crippen molar-refractivity contribution in [2.45, 2.75) is 19.9 Å². The van der Waals surface area contributed by atoms with Crippen LogP contribution in [0.25, 0.3) is 5.82 Å². The minimum atomic E-state index is -0.615. The van der Waals surface area contributed by atoms with E-state index < -0.39 is 17.7 Å². The number of nitrogens with zero attached hydrogens (tertiary/aromatic N) is 3. The smallest absolute Gasteiger partial charge is 0.315 e. The third-order valence-electron chi connectivity index (χ3n) is 4.06. The Balaban J connectivity index is 1.50. The van der Waals surface area contributed by atoms with E-state index in [1.807, 2.05) is 23.8 Å². The molecule has 6 nitrogen and oxygen atoms in total. The largest absolute Gasteiger partial charge is 0.338 e. The molecule has 0 aliphatic rings. The average molecular weight is 371 g/mol. The number of carbonyl (C=O) groups is 1. The molecule has 0 fully saturated rings. The maximum absolute atomic E-state index is 13.5. The molecule has 0 aliphatic carbocycles. The summed E-state index contributed by atoms with van der Waals surface area (Å²) in [6, 6.07) is 6.93. The lowest BCUT2D eigenvalue weighted by atomic mass is 10.1. The molecule has 2 heterocycles. The molecule has 0 saturated carbocycles. The van der Waals surface area contributed by atoms with E-state index in [4.69, 9.17) is 0 Å². The van der Waals surface area contributed by atoms with Crippen LogP contribution in [0.1, 0.15) is 17.0 Å². The summed E-state index contributed by atoms with van der Waals surface area (Å²) in [7, 11) is 0. The predicted molar refractivity (Wildman–Crippen MR) is 96.4 cm³/mol. The maximum atomic E-state index is 13.5. The van der Waals surface area contributed by atoms with Crippen LogP contribution in [-0.2, 0) is 13.0 Å². The highest BCUT2D eigenvalue weighted by Gasteiger charge is 2.09. The van der Waals surface area contributed by atoms with Gasteiger partial charge in [-0.1, -0.05) is 6.07 Å². The Hall–Kier alpha value is -3.29. The lowest BCUT2D eigenvalue weighted by molar-refractivity contribution is 0.240. The molecule has 3 rings (SSSR count). The molecule has 1 aromatic carbocycles. The zero-order valence-corrected chi connectivity index (χ0v) is 14.7. The summed E-state index contributed by atoms with van der Waals surface area (Å²) in [5.41, 5.74) is 0.829. The van der Waals surface area contributed by atoms with Crippen LogP contribution in [-0.4, -0.2) is 27.1 Å². The Morgan fingerprint density at radius 1 is 1.11 bits per heavy atom. The van der Waals surface area contributed by atoms with Gasteiger partial charge in [0.1, 0.15) is 23.3 Å². The Bertz CT molecular complexity index is 921. The fraction of sp³-hybridized carbons (Fsp3) is 0.211. The molecule has 0 saturated heterocycles. The van der Waals surface area contributed by atoms with Crippen molar-refractivity contribution in [3.8, 4) is 5.82 Å². The number of carbonyl (C=O) groups excluding carboxylic acids is 1. The molecule has 0 aliphatic heterocycles. The lowest BCUT2D eigenvalue weighted by Crippen LogP contribution is -2.36. The molecule has 2 amide bonds. The minimum absolute atomic E-state index is 0.0349. The van der Waals surface area contributed by atoms with Gasteiger partial charge in [0, 0.05) is 37.2 Å². The summed E-state index contributed by atoms with van der Waals surface area (Å²) in [6.45, 7) is 2.29. The van der Waals surface area contributed by atoms with E-state index in [-0.39, 0.29) is 18.5 Å². The zero-order chi connectivity index (χ0) is 19.2. The molecule has 0 bridgehead atoms. The molecule has 27 heavy (non-hydrogen) atoms. The van der Waals surface area contributed by atoms with Crippen LogP contribution in [0.15, 0.2) is 48.9 Å². The normalized spacial score (nSPS) is 10.6. The van der Waals surface area contributed by atoms with E-state index >= 15 is 0 Å². The number of aromatic nitrogens is 3. The van der Waals surface area contributed by atoms with Crippen LogP contribution in [0, 0.1) is 18.6 Å². The van der Waals surface area contributed by atoms with E-state index in [0.29, 0.717) is 12.4 Å². The number of amides is 2. The third kappa shape index (κ3) is 4.66. The average Bonchev–Trinajstić information content (AvgIpc) is 3.09. The summed E-state index contributed by atoms with van der Waals surface area (Å²) in [5.74, 6) is 0.290. The summed E-state index contributed by atoms with van der Waals surface area (Å²) >= 11 is 0. The van der Waals surface area contributed by atoms with Gasteiger partial charge in [-0.25, -0.2) is 23.5 Å². The van der Waals surface area contributed by atoms with Gasteiger partial charge in [0.15, 0.2) is 0 Å². The van der Waals surface area contributed by atoms with Gasteiger partial charge in [0.05, 0.1) is 0 Å². The maximum Gasteiger partial charge on any atom is 0.315 e. The van der Waals surface area contributed by atoms with Crippen LogP contribution in [0.5, 0.6) is 0 Å². The summed E-state index contributed by atoms with van der Waals surface area (Å²) in [5, 5.41) is 5.30. The van der Waals surface area contributed by atoms with Crippen molar-refractivity contribution in [1.29, 1.82) is 0 Å². The van der Waals surface area contributed by atoms with Gasteiger partial charge in [-0.2, -0.15) is 0 Å². The van der Waals surface area contributed by atoms with Gasteiger partial charge in [-0.05, 0) is 43.2 Å². The first-order valence-corrected chi connectivity index (χ1v) is 8.44. The van der Waals surface area contributed by atoms with E-state index in [1.54, 1.807) is 18.5 Å². The molecule has 2 N–H and O–H groups in total. The van der Waals surface area contributed by atoms with Gasteiger partial charge in [-0.3, -0.25) is 4.57 Å². The van der Waals surface area contributed by atoms with Crippen molar-refractivity contribution < 1.29 is 13.6 Å². The van der Waals surface area contributed by atoms with Gasteiger partial charge in [-0.15, -0.1) is 0 Å². The third-order valence-corrected chi connectivity index (χ3v) is 4.06. The van der Waals surface area contributed by atoms with Crippen molar-refractivity contribution in [1.82, 2.24) is 25.2 Å². The monoisotopic (exact) mass is 371 g/mol. The Kier molecular flexibility index (Phi) is 5.75. The molecule has 0 radical (unpaired) electrons. The highest BCUT2D eigenvalue weighted by atomic mass is 19.1. The van der Waals surface area contributed by atoms with Crippen LogP contribution < -0.4 is 10.6 Å². The fourth-order valence-corrected chi connectivity index (χ4v) is 2.64. The van der Waals surface area contributed by atoms with Gasteiger partial charge < -0.3 is 10.6 Å². The van der Waals surface area contributed by atoms with Crippen LogP contribution in [0.2, 0.25) is 0 Å². The second kappa shape index (κ2) is 8.39. The van der Waals surface area contributed by atoms with E-state index in [0.717, 1.165) is 11.4 Å². The number of benzene rings is 1. The van der Waals surface area contributed by atoms with Crippen LogP contribution in [0.3, 0.4) is 0 Å². The number of aryl methyl sites for hydroxylation is 1. The number of rotatable bonds is 6. The fourth-order valence-electron chi connectivity index (χ4n) is 2.64. The zero-order valence-electron chi connectivity index (χ0n) is 14.7. The molecular formula is C19H19F2N5O. The molecule has 3 aromatic rings. The number of nitrogens with one attached hydrogen (secondary N) is 2. The molecule has 140 valence electrons. The number of hydrogen-bond acceptors (Lipinski definition) is 3. The van der Waals surface area contributed by atoms with Crippen molar-refractivity contribution in [2.24, 2.45) is 0 Å². The first-order chi connectivity index (χ1) is 13.0. The Labute approximate surface area is 155 Å². The summed E-state index contributed by atoms with van der Waals surface area (Å²) < 4.78 is 28.9. The predicted octanol–water partition coefficient (Wildman–Crippen LogP) is 2.90. The number of pyridine rings is 1. The molecule has 0 atom stereocenters. The molecular weight excluding hydrogens is 352 g/mol.